The van der Waals surface area contributed by atoms with Crippen molar-refractivity contribution >= 4 is 44.6 Å². The normalized spacial score (nSPS) is 22.8. The van der Waals surface area contributed by atoms with E-state index < -0.39 is 85.2 Å². The number of fused-ring (bicyclic) bond motifs is 1. The van der Waals surface area contributed by atoms with Gasteiger partial charge in [0.2, 0.25) is 21.8 Å². The Hall–Kier alpha value is -5.25. The number of amides is 4. The second kappa shape index (κ2) is 14.7. The van der Waals surface area contributed by atoms with E-state index in [2.05, 4.69) is 27.0 Å². The maximum absolute atomic E-state index is 14.6. The minimum atomic E-state index is -3.94. The molecule has 0 unspecified atom stereocenters. The lowest BCUT2D eigenvalue weighted by atomic mass is 9.85. The largest absolute Gasteiger partial charge is 0.491 e. The van der Waals surface area contributed by atoms with Crippen LogP contribution in [0.4, 0.5) is 4.79 Å². The lowest BCUT2D eigenvalue weighted by Gasteiger charge is -2.36. The number of methoxy groups -OCH3 is 1. The number of alkyl carbamates (subject to hydrolysis) is 1. The van der Waals surface area contributed by atoms with Crippen molar-refractivity contribution < 1.29 is 37.1 Å². The number of likely N-dealkylation sites (tertiary alicyclic amines) is 1. The van der Waals surface area contributed by atoms with E-state index in [-0.39, 0.29) is 25.1 Å². The second-order valence-corrected chi connectivity index (χ2v) is 18.9. The minimum absolute atomic E-state index is 0.0144. The zero-order valence-corrected chi connectivity index (χ0v) is 33.6. The standard InChI is InChI=1S/C40H50N6O9S/c1-9-24-20-40(24,36(50)44-56(52,53)26-17-18-26)43-33(47)30-19-25(22-45(30)35(49)32(38(2,3)4)42-37(51)55-39(5,6)7)46-34(48)31(54-8)29(21-41-46)28-16-12-14-23-13-10-11-15-27(23)28/h9-16,21,24-26,30,32H,1,17-20,22H2,2-8H3,(H,42,51)(H,43,47)(H,44,50)/t24-,25-,30+,32-,40-/m1/s1. The van der Waals surface area contributed by atoms with Gasteiger partial charge in [0.05, 0.1) is 30.2 Å². The molecule has 1 aliphatic heterocycles. The van der Waals surface area contributed by atoms with E-state index in [1.807, 2.05) is 42.5 Å². The number of nitrogens with one attached hydrogen (secondary N) is 3. The van der Waals surface area contributed by atoms with Crippen LogP contribution in [0, 0.1) is 11.3 Å². The van der Waals surface area contributed by atoms with E-state index in [4.69, 9.17) is 9.47 Å². The molecule has 56 heavy (non-hydrogen) atoms. The number of aromatic nitrogens is 2. The Morgan fingerprint density at radius 1 is 1.02 bits per heavy atom. The molecule has 0 radical (unpaired) electrons. The molecule has 2 heterocycles. The van der Waals surface area contributed by atoms with E-state index in [1.165, 1.54) is 29.0 Å². The molecular formula is C40H50N6O9S. The molecular weight excluding hydrogens is 741 g/mol. The summed E-state index contributed by atoms with van der Waals surface area (Å²) >= 11 is 0. The van der Waals surface area contributed by atoms with Gasteiger partial charge in [-0.15, -0.1) is 6.58 Å². The van der Waals surface area contributed by atoms with Gasteiger partial charge in [0, 0.05) is 18.9 Å². The monoisotopic (exact) mass is 790 g/mol. The van der Waals surface area contributed by atoms with E-state index in [9.17, 15) is 32.4 Å². The number of rotatable bonds is 11. The van der Waals surface area contributed by atoms with Gasteiger partial charge in [-0.25, -0.2) is 17.9 Å². The van der Waals surface area contributed by atoms with Crippen LogP contribution in [0.1, 0.15) is 73.3 Å². The topological polar surface area (TPSA) is 195 Å². The first-order valence-corrected chi connectivity index (χ1v) is 20.2. The third kappa shape index (κ3) is 8.02. The molecule has 0 bridgehead atoms. The van der Waals surface area contributed by atoms with Gasteiger partial charge in [-0.05, 0) is 61.8 Å². The quantitative estimate of drug-likeness (QED) is 0.241. The lowest BCUT2D eigenvalue weighted by molar-refractivity contribution is -0.143. The SMILES string of the molecule is C=C[C@@H]1C[C@]1(NC(=O)[C@@H]1C[C@@H](n2ncc(-c3cccc4ccccc34)c(OC)c2=O)CN1C(=O)[C@@H](NC(=O)OC(C)(C)C)C(C)(C)C)C(=O)NS(=O)(=O)C1CC1. The smallest absolute Gasteiger partial charge is 0.408 e. The number of benzene rings is 2. The van der Waals surface area contributed by atoms with Crippen LogP contribution in [0.15, 0.2) is 66.1 Å². The summed E-state index contributed by atoms with van der Waals surface area (Å²) in [6, 6.07) is 10.1. The van der Waals surface area contributed by atoms with Crippen LogP contribution in [0.3, 0.4) is 0 Å². The summed E-state index contributed by atoms with van der Waals surface area (Å²) in [6.45, 7) is 13.9. The van der Waals surface area contributed by atoms with Crippen LogP contribution in [-0.2, 0) is 29.1 Å². The summed E-state index contributed by atoms with van der Waals surface area (Å²) in [5.41, 5.74) is -2.77. The lowest BCUT2D eigenvalue weighted by Crippen LogP contribution is -2.60. The van der Waals surface area contributed by atoms with Crippen LogP contribution in [-0.4, -0.2) is 89.0 Å². The Morgan fingerprint density at radius 3 is 2.30 bits per heavy atom. The van der Waals surface area contributed by atoms with Crippen molar-refractivity contribution in [2.75, 3.05) is 13.7 Å². The highest BCUT2D eigenvalue weighted by Crippen LogP contribution is 2.46. The van der Waals surface area contributed by atoms with Crippen LogP contribution in [0.25, 0.3) is 21.9 Å². The van der Waals surface area contributed by atoms with E-state index in [0.29, 0.717) is 18.4 Å². The summed E-state index contributed by atoms with van der Waals surface area (Å²) in [6.07, 6.45) is 2.99. The van der Waals surface area contributed by atoms with Crippen molar-refractivity contribution in [2.45, 2.75) is 102 Å². The molecule has 3 aromatic rings. The molecule has 3 aliphatic rings. The van der Waals surface area contributed by atoms with Crippen LogP contribution < -0.4 is 25.7 Å². The van der Waals surface area contributed by atoms with Crippen molar-refractivity contribution in [3.8, 4) is 16.9 Å². The van der Waals surface area contributed by atoms with E-state index in [0.717, 1.165) is 16.3 Å². The maximum Gasteiger partial charge on any atom is 0.408 e. The molecule has 2 saturated carbocycles. The number of carbonyl (C=O) groups is 4. The van der Waals surface area contributed by atoms with Crippen molar-refractivity contribution in [1.82, 2.24) is 30.0 Å². The molecule has 1 saturated heterocycles. The summed E-state index contributed by atoms with van der Waals surface area (Å²) in [5, 5.41) is 11.1. The molecule has 16 heteroatoms. The highest BCUT2D eigenvalue weighted by atomic mass is 32.2. The molecule has 5 atom stereocenters. The first-order chi connectivity index (χ1) is 26.2. The Balaban J connectivity index is 1.36. The molecule has 300 valence electrons. The van der Waals surface area contributed by atoms with Crippen LogP contribution in [0.5, 0.6) is 5.75 Å². The fourth-order valence-electron chi connectivity index (χ4n) is 7.30. The summed E-state index contributed by atoms with van der Waals surface area (Å²) in [5.74, 6) is -2.83. The molecule has 6 rings (SSSR count). The summed E-state index contributed by atoms with van der Waals surface area (Å²) in [4.78, 5) is 71.1. The first-order valence-electron chi connectivity index (χ1n) is 18.7. The Labute approximate surface area is 326 Å². The molecule has 3 fully saturated rings. The highest BCUT2D eigenvalue weighted by molar-refractivity contribution is 7.91. The number of carbonyl (C=O) groups excluding carboxylic acids is 4. The Morgan fingerprint density at radius 2 is 1.70 bits per heavy atom. The number of hydrogen-bond acceptors (Lipinski definition) is 10. The van der Waals surface area contributed by atoms with Gasteiger partial charge in [0.15, 0.2) is 5.75 Å². The Bertz CT molecular complexity index is 2250. The summed E-state index contributed by atoms with van der Waals surface area (Å²) in [7, 11) is -2.56. The predicted molar refractivity (Wildman–Crippen MR) is 209 cm³/mol. The molecule has 1 aromatic heterocycles. The zero-order chi connectivity index (χ0) is 41.0. The van der Waals surface area contributed by atoms with Crippen LogP contribution in [0.2, 0.25) is 0 Å². The molecule has 15 nitrogen and oxygen atoms in total. The average Bonchev–Trinajstić information content (AvgIpc) is 4.05. The van der Waals surface area contributed by atoms with Gasteiger partial charge in [-0.2, -0.15) is 5.10 Å². The average molecular weight is 791 g/mol. The molecule has 3 N–H and O–H groups in total. The molecule has 4 amide bonds. The maximum atomic E-state index is 14.6. The summed E-state index contributed by atoms with van der Waals surface area (Å²) < 4.78 is 40.0. The number of sulfonamides is 1. The van der Waals surface area contributed by atoms with Crippen molar-refractivity contribution in [1.29, 1.82) is 0 Å². The van der Waals surface area contributed by atoms with Crippen LogP contribution >= 0.6 is 0 Å². The fourth-order valence-corrected chi connectivity index (χ4v) is 8.67. The van der Waals surface area contributed by atoms with Crippen molar-refractivity contribution in [3.05, 3.63) is 71.7 Å². The molecule has 2 aliphatic carbocycles. The van der Waals surface area contributed by atoms with Gasteiger partial charge < -0.3 is 25.0 Å². The zero-order valence-electron chi connectivity index (χ0n) is 32.7. The number of hydrogen-bond donors (Lipinski definition) is 3. The van der Waals surface area contributed by atoms with E-state index >= 15 is 0 Å². The van der Waals surface area contributed by atoms with Gasteiger partial charge in [0.1, 0.15) is 23.2 Å². The third-order valence-electron chi connectivity index (χ3n) is 10.5. The number of ether oxygens (including phenoxy) is 2. The van der Waals surface area contributed by atoms with Gasteiger partial charge in [-0.3, -0.25) is 23.9 Å². The highest BCUT2D eigenvalue weighted by Gasteiger charge is 2.62. The van der Waals surface area contributed by atoms with Crippen molar-refractivity contribution in [3.63, 3.8) is 0 Å². The van der Waals surface area contributed by atoms with Gasteiger partial charge in [-0.1, -0.05) is 69.3 Å². The number of nitrogens with zero attached hydrogens (tertiary/aromatic N) is 3. The molecule has 2 aromatic carbocycles. The third-order valence-corrected chi connectivity index (χ3v) is 12.3. The van der Waals surface area contributed by atoms with Crippen molar-refractivity contribution in [2.24, 2.45) is 11.3 Å². The predicted octanol–water partition coefficient (Wildman–Crippen LogP) is 3.82. The molecule has 0 spiro atoms. The fraction of sp³-hybridized carbons (Fsp3) is 0.500. The van der Waals surface area contributed by atoms with E-state index in [1.54, 1.807) is 41.5 Å². The van der Waals surface area contributed by atoms with Gasteiger partial charge in [0.25, 0.3) is 5.91 Å². The Kier molecular flexibility index (Phi) is 10.6. The second-order valence-electron chi connectivity index (χ2n) is 16.9. The van der Waals surface area contributed by atoms with Gasteiger partial charge >= 0.3 is 11.7 Å². The first kappa shape index (κ1) is 40.4. The minimum Gasteiger partial charge on any atom is -0.491 e.